The first-order valence-corrected chi connectivity index (χ1v) is 16.4. The zero-order valence-corrected chi connectivity index (χ0v) is 22.3. The van der Waals surface area contributed by atoms with E-state index in [1.54, 1.807) is 12.1 Å². The van der Waals surface area contributed by atoms with Gasteiger partial charge < -0.3 is 0 Å². The summed E-state index contributed by atoms with van der Waals surface area (Å²) < 4.78 is 0. The molecule has 2 saturated carbocycles. The molecule has 0 bridgehead atoms. The van der Waals surface area contributed by atoms with E-state index >= 15 is 0 Å². The van der Waals surface area contributed by atoms with Gasteiger partial charge in [0.1, 0.15) is 30.0 Å². The number of rotatable bonds is 6. The summed E-state index contributed by atoms with van der Waals surface area (Å²) >= 11 is 2.56. The highest BCUT2D eigenvalue weighted by atomic mass is 32.1. The Morgan fingerprint density at radius 2 is 1.35 bits per heavy atom. The van der Waals surface area contributed by atoms with E-state index in [0.29, 0.717) is 50.4 Å². The molecule has 0 saturated heterocycles. The first kappa shape index (κ1) is 25.7. The van der Waals surface area contributed by atoms with Crippen LogP contribution in [-0.4, -0.2) is 19.6 Å². The van der Waals surface area contributed by atoms with Crippen molar-refractivity contribution in [3.05, 3.63) is 42.8 Å². The maximum atomic E-state index is 12.1. The number of carbonyl (C=O) groups is 2. The normalized spacial score (nSPS) is 14.4. The van der Waals surface area contributed by atoms with Crippen molar-refractivity contribution >= 4 is 42.3 Å². The van der Waals surface area contributed by atoms with Crippen molar-refractivity contribution in [1.29, 1.82) is 10.5 Å². The van der Waals surface area contributed by atoms with Gasteiger partial charge in [0.2, 0.25) is 0 Å². The van der Waals surface area contributed by atoms with Crippen molar-refractivity contribution in [2.75, 3.05) is 0 Å². The maximum absolute atomic E-state index is 12.1. The summed E-state index contributed by atoms with van der Waals surface area (Å²) in [5.41, 5.74) is 4.37. The lowest BCUT2D eigenvalue weighted by atomic mass is 10.1. The zero-order valence-electron chi connectivity index (χ0n) is 19.7. The SMILES string of the molecule is C#Cc1cc(C(=O)CC2CC2)c(C#N)s1.C[Si](C)(C)C#Cc1cc(C(=O)CC2CC2)c(C#N)s1. The molecule has 2 aromatic heterocycles. The average molecular weight is 503 g/mol. The second-order valence-electron chi connectivity index (χ2n) is 9.72. The minimum absolute atomic E-state index is 0.0619. The standard InChI is InChI=1S/C15H17NOSSi.C12H9NOS/c1-19(2,3)7-6-12-9-13(15(10-16)18-12)14(17)8-11-4-5-11;1-2-9-6-10(12(7-13)15-9)11(14)5-8-3-4-8/h9,11H,4-5,8H2,1-3H3;1,6,8H,3-5H2. The minimum Gasteiger partial charge on any atom is -0.294 e. The van der Waals surface area contributed by atoms with Crippen LogP contribution in [0.25, 0.3) is 0 Å². The summed E-state index contributed by atoms with van der Waals surface area (Å²) in [6, 6.07) is 7.62. The van der Waals surface area contributed by atoms with E-state index in [1.165, 1.54) is 22.7 Å². The van der Waals surface area contributed by atoms with Crippen molar-refractivity contribution in [1.82, 2.24) is 0 Å². The highest BCUT2D eigenvalue weighted by molar-refractivity contribution is 7.13. The minimum atomic E-state index is -1.42. The molecule has 2 heterocycles. The molecule has 34 heavy (non-hydrogen) atoms. The van der Waals surface area contributed by atoms with Gasteiger partial charge in [0.15, 0.2) is 11.6 Å². The van der Waals surface area contributed by atoms with Crippen LogP contribution in [0.2, 0.25) is 19.6 Å². The van der Waals surface area contributed by atoms with Gasteiger partial charge in [-0.3, -0.25) is 9.59 Å². The number of thiophene rings is 2. The molecule has 0 N–H and O–H groups in total. The number of carbonyl (C=O) groups excluding carboxylic acids is 2. The van der Waals surface area contributed by atoms with Crippen LogP contribution in [0.1, 0.15) is 78.7 Å². The lowest BCUT2D eigenvalue weighted by molar-refractivity contribution is 0.0968. The molecule has 4 nitrogen and oxygen atoms in total. The van der Waals surface area contributed by atoms with E-state index in [-0.39, 0.29) is 11.6 Å². The molecule has 0 radical (unpaired) electrons. The molecule has 0 amide bonds. The second-order valence-corrected chi connectivity index (χ2v) is 16.6. The Balaban J connectivity index is 0.000000196. The fourth-order valence-corrected chi connectivity index (χ4v) is 5.34. The van der Waals surface area contributed by atoms with Crippen LogP contribution in [0.15, 0.2) is 12.1 Å². The van der Waals surface area contributed by atoms with Crippen LogP contribution in [-0.2, 0) is 0 Å². The Kier molecular flexibility index (Phi) is 8.30. The summed E-state index contributed by atoms with van der Waals surface area (Å²) in [7, 11) is -1.42. The first-order valence-electron chi connectivity index (χ1n) is 11.3. The van der Waals surface area contributed by atoms with Gasteiger partial charge in [-0.1, -0.05) is 31.5 Å². The summed E-state index contributed by atoms with van der Waals surface area (Å²) in [6.07, 6.45) is 11.0. The molecule has 0 unspecified atom stereocenters. The van der Waals surface area contributed by atoms with Crippen molar-refractivity contribution in [3.63, 3.8) is 0 Å². The lowest BCUT2D eigenvalue weighted by Gasteiger charge is -2.02. The summed E-state index contributed by atoms with van der Waals surface area (Å²) in [5, 5.41) is 18.0. The van der Waals surface area contributed by atoms with Gasteiger partial charge in [0.05, 0.1) is 9.75 Å². The Morgan fingerprint density at radius 1 is 0.912 bits per heavy atom. The van der Waals surface area contributed by atoms with E-state index in [9.17, 15) is 9.59 Å². The predicted molar refractivity (Wildman–Crippen MR) is 140 cm³/mol. The van der Waals surface area contributed by atoms with Gasteiger partial charge in [-0.15, -0.1) is 34.6 Å². The van der Waals surface area contributed by atoms with E-state index < -0.39 is 8.07 Å². The lowest BCUT2D eigenvalue weighted by Crippen LogP contribution is -2.16. The van der Waals surface area contributed by atoms with Crippen molar-refractivity contribution < 1.29 is 9.59 Å². The number of nitrogens with zero attached hydrogens (tertiary/aromatic N) is 2. The maximum Gasteiger partial charge on any atom is 0.165 e. The van der Waals surface area contributed by atoms with Gasteiger partial charge in [0.25, 0.3) is 0 Å². The van der Waals surface area contributed by atoms with E-state index in [2.05, 4.69) is 43.1 Å². The molecule has 2 aromatic rings. The topological polar surface area (TPSA) is 81.7 Å². The van der Waals surface area contributed by atoms with Crippen LogP contribution in [0.5, 0.6) is 0 Å². The van der Waals surface area contributed by atoms with Gasteiger partial charge >= 0.3 is 0 Å². The van der Waals surface area contributed by atoms with Crippen LogP contribution in [0.4, 0.5) is 0 Å². The number of nitriles is 2. The van der Waals surface area contributed by atoms with Crippen LogP contribution < -0.4 is 0 Å². The number of hydrogen-bond acceptors (Lipinski definition) is 6. The molecule has 0 aliphatic heterocycles. The molecular formula is C27H26N2O2S2Si. The van der Waals surface area contributed by atoms with Crippen LogP contribution >= 0.6 is 22.7 Å². The average Bonchev–Trinajstić information content (AvgIpc) is 3.70. The number of hydrogen-bond donors (Lipinski definition) is 0. The third-order valence-electron chi connectivity index (χ3n) is 5.31. The molecule has 0 spiro atoms. The van der Waals surface area contributed by atoms with E-state index in [4.69, 9.17) is 16.9 Å². The Morgan fingerprint density at radius 3 is 1.74 bits per heavy atom. The quantitative estimate of drug-likeness (QED) is 0.259. The number of terminal acetylenes is 1. The third kappa shape index (κ3) is 7.55. The Labute approximate surface area is 210 Å². The van der Waals surface area contributed by atoms with Crippen molar-refractivity contribution in [2.24, 2.45) is 11.8 Å². The fraction of sp³-hybridized carbons (Fsp3) is 0.407. The first-order chi connectivity index (χ1) is 16.1. The number of Topliss-reactive ketones (excluding diaryl/α,β-unsaturated/α-hetero) is 2. The summed E-state index contributed by atoms with van der Waals surface area (Å²) in [4.78, 5) is 26.4. The van der Waals surface area contributed by atoms with Crippen LogP contribution in [0.3, 0.4) is 0 Å². The van der Waals surface area contributed by atoms with Crippen LogP contribution in [0, 0.1) is 58.3 Å². The number of ketones is 2. The molecule has 4 rings (SSSR count). The molecule has 0 aromatic carbocycles. The second kappa shape index (κ2) is 11.0. The Bertz CT molecular complexity index is 1290. The monoisotopic (exact) mass is 502 g/mol. The predicted octanol–water partition coefficient (Wildman–Crippen LogP) is 6.42. The Hall–Kier alpha value is -2.94. The summed E-state index contributed by atoms with van der Waals surface area (Å²) in [5.74, 6) is 6.85. The highest BCUT2D eigenvalue weighted by Crippen LogP contribution is 2.35. The van der Waals surface area contributed by atoms with E-state index in [1.807, 2.05) is 6.07 Å². The van der Waals surface area contributed by atoms with Gasteiger partial charge in [-0.2, -0.15) is 10.5 Å². The summed E-state index contributed by atoms with van der Waals surface area (Å²) in [6.45, 7) is 6.54. The molecule has 0 atom stereocenters. The molecule has 7 heteroatoms. The smallest absolute Gasteiger partial charge is 0.165 e. The molecule has 2 fully saturated rings. The largest absolute Gasteiger partial charge is 0.294 e. The molecule has 172 valence electrons. The van der Waals surface area contributed by atoms with Gasteiger partial charge in [-0.05, 0) is 49.7 Å². The highest BCUT2D eigenvalue weighted by Gasteiger charge is 2.27. The molecule has 2 aliphatic carbocycles. The third-order valence-corrected chi connectivity index (χ3v) is 8.11. The fourth-order valence-electron chi connectivity index (χ4n) is 3.13. The van der Waals surface area contributed by atoms with Gasteiger partial charge in [0, 0.05) is 24.0 Å². The van der Waals surface area contributed by atoms with Gasteiger partial charge in [-0.25, -0.2) is 0 Å². The van der Waals surface area contributed by atoms with E-state index in [0.717, 1.165) is 30.6 Å². The molecule has 2 aliphatic rings. The van der Waals surface area contributed by atoms with Crippen molar-refractivity contribution in [3.8, 4) is 35.9 Å². The molecular weight excluding hydrogens is 477 g/mol. The zero-order chi connectivity index (χ0) is 24.9. The van der Waals surface area contributed by atoms with Crippen molar-refractivity contribution in [2.45, 2.75) is 58.2 Å².